The fourth-order valence-corrected chi connectivity index (χ4v) is 3.16. The molecule has 0 saturated heterocycles. The molecule has 2 heterocycles. The number of nitrogens with one attached hydrogen (secondary N) is 1. The van der Waals surface area contributed by atoms with Gasteiger partial charge in [0.05, 0.1) is 18.1 Å². The van der Waals surface area contributed by atoms with Gasteiger partial charge in [-0.05, 0) is 32.1 Å². The molecule has 0 aliphatic heterocycles. The molecule has 1 fully saturated rings. The van der Waals surface area contributed by atoms with Crippen molar-refractivity contribution in [3.8, 4) is 5.88 Å². The molecule has 130 valence electrons. The Hall–Kier alpha value is -2.11. The third kappa shape index (κ3) is 4.04. The summed E-state index contributed by atoms with van der Waals surface area (Å²) in [5.41, 5.74) is 2.13. The van der Waals surface area contributed by atoms with Crippen LogP contribution in [0.15, 0.2) is 16.9 Å². The maximum absolute atomic E-state index is 5.98. The molecule has 2 aromatic heterocycles. The quantitative estimate of drug-likeness (QED) is 0.829. The van der Waals surface area contributed by atoms with E-state index in [9.17, 15) is 0 Å². The van der Waals surface area contributed by atoms with Crippen molar-refractivity contribution in [2.45, 2.75) is 71.4 Å². The highest BCUT2D eigenvalue weighted by Gasteiger charge is 2.16. The zero-order chi connectivity index (χ0) is 16.8. The Balaban J connectivity index is 1.63. The first-order chi connectivity index (χ1) is 11.8. The molecule has 0 spiro atoms. The van der Waals surface area contributed by atoms with Gasteiger partial charge < -0.3 is 14.6 Å². The van der Waals surface area contributed by atoms with Crippen LogP contribution in [0.5, 0.6) is 5.88 Å². The largest absolute Gasteiger partial charge is 0.473 e. The summed E-state index contributed by atoms with van der Waals surface area (Å²) in [6, 6.07) is 0. The summed E-state index contributed by atoms with van der Waals surface area (Å²) in [5, 5.41) is 7.46. The maximum Gasteiger partial charge on any atom is 0.234 e. The summed E-state index contributed by atoms with van der Waals surface area (Å²) < 4.78 is 11.4. The molecule has 0 aromatic carbocycles. The molecule has 1 saturated carbocycles. The second-order valence-electron chi connectivity index (χ2n) is 6.21. The first-order valence-corrected chi connectivity index (χ1v) is 8.99. The standard InChI is InChI=1S/C18H26N4O2/c1-3-15-14(16(4-2)24-22-15)10-20-17-11-19-12-18(21-17)23-13-8-6-5-7-9-13/h11-13H,3-10H2,1-2H3,(H,20,21). The zero-order valence-corrected chi connectivity index (χ0v) is 14.5. The molecule has 0 amide bonds. The molecular weight excluding hydrogens is 304 g/mol. The van der Waals surface area contributed by atoms with Crippen LogP contribution < -0.4 is 10.1 Å². The average molecular weight is 330 g/mol. The number of nitrogens with zero attached hydrogens (tertiary/aromatic N) is 3. The van der Waals surface area contributed by atoms with Crippen molar-refractivity contribution in [1.82, 2.24) is 15.1 Å². The highest BCUT2D eigenvalue weighted by molar-refractivity contribution is 5.36. The minimum Gasteiger partial charge on any atom is -0.473 e. The van der Waals surface area contributed by atoms with Crippen LogP contribution in [0, 0.1) is 0 Å². The van der Waals surface area contributed by atoms with Crippen molar-refractivity contribution in [2.24, 2.45) is 0 Å². The summed E-state index contributed by atoms with van der Waals surface area (Å²) >= 11 is 0. The van der Waals surface area contributed by atoms with Gasteiger partial charge in [0.25, 0.3) is 0 Å². The second kappa shape index (κ2) is 8.13. The molecule has 0 radical (unpaired) electrons. The number of aromatic nitrogens is 3. The van der Waals surface area contributed by atoms with Crippen molar-refractivity contribution in [1.29, 1.82) is 0 Å². The van der Waals surface area contributed by atoms with Gasteiger partial charge in [-0.25, -0.2) is 0 Å². The molecule has 6 nitrogen and oxygen atoms in total. The molecule has 2 aromatic rings. The monoisotopic (exact) mass is 330 g/mol. The summed E-state index contributed by atoms with van der Waals surface area (Å²) in [5.74, 6) is 2.25. The molecular formula is C18H26N4O2. The number of anilines is 1. The summed E-state index contributed by atoms with van der Waals surface area (Å²) in [4.78, 5) is 8.78. The van der Waals surface area contributed by atoms with E-state index >= 15 is 0 Å². The second-order valence-corrected chi connectivity index (χ2v) is 6.21. The number of hydrogen-bond donors (Lipinski definition) is 1. The molecule has 0 unspecified atom stereocenters. The van der Waals surface area contributed by atoms with Crippen LogP contribution in [0.25, 0.3) is 0 Å². The van der Waals surface area contributed by atoms with Gasteiger partial charge in [-0.3, -0.25) is 4.98 Å². The highest BCUT2D eigenvalue weighted by atomic mass is 16.5. The minimum absolute atomic E-state index is 0.278. The predicted octanol–water partition coefficient (Wildman–Crippen LogP) is 3.91. The summed E-state index contributed by atoms with van der Waals surface area (Å²) in [6.07, 6.45) is 11.4. The van der Waals surface area contributed by atoms with E-state index in [4.69, 9.17) is 9.26 Å². The average Bonchev–Trinajstić information content (AvgIpc) is 3.03. The van der Waals surface area contributed by atoms with Gasteiger partial charge in [-0.15, -0.1) is 0 Å². The minimum atomic E-state index is 0.278. The van der Waals surface area contributed by atoms with E-state index in [1.165, 1.54) is 19.3 Å². The smallest absolute Gasteiger partial charge is 0.234 e. The van der Waals surface area contributed by atoms with Crippen LogP contribution in [-0.4, -0.2) is 21.2 Å². The third-order valence-electron chi connectivity index (χ3n) is 4.51. The van der Waals surface area contributed by atoms with E-state index < -0.39 is 0 Å². The van der Waals surface area contributed by atoms with Gasteiger partial charge in [0.2, 0.25) is 5.88 Å². The van der Waals surface area contributed by atoms with E-state index in [0.717, 1.165) is 42.7 Å². The lowest BCUT2D eigenvalue weighted by atomic mass is 9.98. The molecule has 6 heteroatoms. The number of ether oxygens (including phenoxy) is 1. The third-order valence-corrected chi connectivity index (χ3v) is 4.51. The lowest BCUT2D eigenvalue weighted by Crippen LogP contribution is -2.20. The molecule has 3 rings (SSSR count). The molecule has 24 heavy (non-hydrogen) atoms. The van der Waals surface area contributed by atoms with Crippen molar-refractivity contribution in [3.63, 3.8) is 0 Å². The van der Waals surface area contributed by atoms with Crippen LogP contribution in [0.3, 0.4) is 0 Å². The van der Waals surface area contributed by atoms with Gasteiger partial charge in [0, 0.05) is 18.5 Å². The van der Waals surface area contributed by atoms with Crippen LogP contribution in [0.4, 0.5) is 5.82 Å². The normalized spacial score (nSPS) is 15.4. The van der Waals surface area contributed by atoms with Gasteiger partial charge in [-0.1, -0.05) is 25.4 Å². The Morgan fingerprint density at radius 1 is 1.17 bits per heavy atom. The van der Waals surface area contributed by atoms with Gasteiger partial charge in [0.1, 0.15) is 17.7 Å². The molecule has 1 aliphatic rings. The lowest BCUT2D eigenvalue weighted by Gasteiger charge is -2.22. The predicted molar refractivity (Wildman–Crippen MR) is 92.1 cm³/mol. The van der Waals surface area contributed by atoms with Crippen molar-refractivity contribution in [2.75, 3.05) is 5.32 Å². The Bertz CT molecular complexity index is 629. The molecule has 0 atom stereocenters. The topological polar surface area (TPSA) is 73.1 Å². The van der Waals surface area contributed by atoms with Crippen molar-refractivity contribution in [3.05, 3.63) is 29.4 Å². The van der Waals surface area contributed by atoms with E-state index in [0.29, 0.717) is 18.2 Å². The lowest BCUT2D eigenvalue weighted by molar-refractivity contribution is 0.148. The SMILES string of the molecule is CCc1noc(CC)c1CNc1cncc(OC2CCCCC2)n1. The van der Waals surface area contributed by atoms with Crippen LogP contribution >= 0.6 is 0 Å². The van der Waals surface area contributed by atoms with Crippen LogP contribution in [0.1, 0.15) is 63.0 Å². The number of hydrogen-bond acceptors (Lipinski definition) is 6. The number of aryl methyl sites for hydroxylation is 2. The van der Waals surface area contributed by atoms with E-state index in [2.05, 4.69) is 34.3 Å². The maximum atomic E-state index is 5.98. The fraction of sp³-hybridized carbons (Fsp3) is 0.611. The van der Waals surface area contributed by atoms with E-state index in [1.54, 1.807) is 12.4 Å². The number of rotatable bonds is 7. The molecule has 1 N–H and O–H groups in total. The van der Waals surface area contributed by atoms with E-state index in [1.807, 2.05) is 0 Å². The molecule has 1 aliphatic carbocycles. The Morgan fingerprint density at radius 2 is 2.00 bits per heavy atom. The van der Waals surface area contributed by atoms with Gasteiger partial charge >= 0.3 is 0 Å². The summed E-state index contributed by atoms with van der Waals surface area (Å²) in [7, 11) is 0. The Labute approximate surface area is 143 Å². The van der Waals surface area contributed by atoms with Crippen molar-refractivity contribution >= 4 is 5.82 Å². The first kappa shape index (κ1) is 16.7. The summed E-state index contributed by atoms with van der Waals surface area (Å²) in [6.45, 7) is 4.79. The van der Waals surface area contributed by atoms with Crippen molar-refractivity contribution < 1.29 is 9.26 Å². The van der Waals surface area contributed by atoms with Gasteiger partial charge in [-0.2, -0.15) is 4.98 Å². The Morgan fingerprint density at radius 3 is 2.75 bits per heavy atom. The first-order valence-electron chi connectivity index (χ1n) is 8.99. The van der Waals surface area contributed by atoms with E-state index in [-0.39, 0.29) is 6.10 Å². The Kier molecular flexibility index (Phi) is 5.67. The molecule has 0 bridgehead atoms. The fourth-order valence-electron chi connectivity index (χ4n) is 3.16. The zero-order valence-electron chi connectivity index (χ0n) is 14.5. The van der Waals surface area contributed by atoms with Gasteiger partial charge in [0.15, 0.2) is 0 Å². The highest BCUT2D eigenvalue weighted by Crippen LogP contribution is 2.23. The van der Waals surface area contributed by atoms with Crippen LogP contribution in [0.2, 0.25) is 0 Å². The van der Waals surface area contributed by atoms with Crippen LogP contribution in [-0.2, 0) is 19.4 Å².